The highest BCUT2D eigenvalue weighted by Crippen LogP contribution is 2.29. The molecule has 0 atom stereocenters. The van der Waals surface area contributed by atoms with Gasteiger partial charge in [0.05, 0.1) is 19.0 Å². The molecule has 0 fully saturated rings. The van der Waals surface area contributed by atoms with Crippen LogP contribution in [0.15, 0.2) is 18.2 Å². The third-order valence-electron chi connectivity index (χ3n) is 2.76. The maximum atomic E-state index is 11.4. The summed E-state index contributed by atoms with van der Waals surface area (Å²) in [6.45, 7) is 4.50. The summed E-state index contributed by atoms with van der Waals surface area (Å²) in [6, 6.07) is 5.74. The van der Waals surface area contributed by atoms with Gasteiger partial charge < -0.3 is 9.47 Å². The average Bonchev–Trinajstić information content (AvgIpc) is 2.45. The highest BCUT2D eigenvalue weighted by atomic mass is 79.9. The Morgan fingerprint density at radius 3 is 2.50 bits per heavy atom. The number of halogens is 1. The van der Waals surface area contributed by atoms with Crippen molar-refractivity contribution in [2.45, 2.75) is 25.6 Å². The van der Waals surface area contributed by atoms with Gasteiger partial charge in [-0.15, -0.1) is 0 Å². The Morgan fingerprint density at radius 1 is 1.15 bits per heavy atom. The van der Waals surface area contributed by atoms with Crippen LogP contribution < -0.4 is 9.47 Å². The van der Waals surface area contributed by atoms with Gasteiger partial charge in [0, 0.05) is 11.1 Å². The number of rotatable bonds is 9. The summed E-state index contributed by atoms with van der Waals surface area (Å²) in [5.74, 6) is 1.69. The molecule has 114 valence electrons. The first-order chi connectivity index (χ1) is 9.52. The molecule has 0 N–H and O–H groups in total. The van der Waals surface area contributed by atoms with Gasteiger partial charge in [0.2, 0.25) is 0 Å². The zero-order valence-corrected chi connectivity index (χ0v) is 14.3. The monoisotopic (exact) mass is 364 g/mol. The lowest BCUT2D eigenvalue weighted by molar-refractivity contribution is 0.277. The van der Waals surface area contributed by atoms with Crippen LogP contribution in [0.3, 0.4) is 0 Å². The molecule has 0 aliphatic carbocycles. The third-order valence-corrected chi connectivity index (χ3v) is 5.20. The molecule has 0 amide bonds. The minimum atomic E-state index is -2.92. The van der Waals surface area contributed by atoms with Crippen LogP contribution in [0.1, 0.15) is 25.8 Å². The Balaban J connectivity index is 2.58. The fraction of sp³-hybridized carbons (Fsp3) is 0.571. The number of benzene rings is 1. The summed E-state index contributed by atoms with van der Waals surface area (Å²) in [6.07, 6.45) is 0.488. The summed E-state index contributed by atoms with van der Waals surface area (Å²) in [4.78, 5) is 0. The van der Waals surface area contributed by atoms with Crippen LogP contribution in [0.25, 0.3) is 0 Å². The second-order valence-electron chi connectivity index (χ2n) is 4.29. The summed E-state index contributed by atoms with van der Waals surface area (Å²) >= 11 is 3.40. The molecule has 0 bridgehead atoms. The molecule has 1 aromatic rings. The van der Waals surface area contributed by atoms with E-state index in [2.05, 4.69) is 15.9 Å². The third kappa shape index (κ3) is 5.71. The Kier molecular flexibility index (Phi) is 7.37. The van der Waals surface area contributed by atoms with E-state index in [1.807, 2.05) is 25.1 Å². The van der Waals surface area contributed by atoms with Gasteiger partial charge in [-0.3, -0.25) is 0 Å². The Bertz CT molecular complexity index is 514. The smallest absolute Gasteiger partial charge is 0.161 e. The summed E-state index contributed by atoms with van der Waals surface area (Å²) in [5.41, 5.74) is 1.11. The first-order valence-electron chi connectivity index (χ1n) is 6.67. The topological polar surface area (TPSA) is 52.6 Å². The number of sulfone groups is 1. The zero-order chi connectivity index (χ0) is 15.0. The molecule has 1 aromatic carbocycles. The molecule has 20 heavy (non-hydrogen) atoms. The van der Waals surface area contributed by atoms with Crippen LogP contribution in [-0.2, 0) is 15.2 Å². The molecule has 0 spiro atoms. The van der Waals surface area contributed by atoms with Crippen molar-refractivity contribution >= 4 is 25.8 Å². The highest BCUT2D eigenvalue weighted by Gasteiger charge is 2.09. The predicted molar refractivity (Wildman–Crippen MR) is 84.7 cm³/mol. The van der Waals surface area contributed by atoms with Crippen molar-refractivity contribution in [1.29, 1.82) is 0 Å². The normalized spacial score (nSPS) is 11.3. The molecule has 4 nitrogen and oxygen atoms in total. The lowest BCUT2D eigenvalue weighted by Gasteiger charge is -2.12. The molecule has 0 aliphatic heterocycles. The molecule has 0 radical (unpaired) electrons. The van der Waals surface area contributed by atoms with Gasteiger partial charge in [-0.2, -0.15) is 0 Å². The lowest BCUT2D eigenvalue weighted by atomic mass is 10.2. The van der Waals surface area contributed by atoms with E-state index in [4.69, 9.17) is 9.47 Å². The van der Waals surface area contributed by atoms with Crippen molar-refractivity contribution in [3.05, 3.63) is 23.8 Å². The highest BCUT2D eigenvalue weighted by molar-refractivity contribution is 9.08. The van der Waals surface area contributed by atoms with Crippen molar-refractivity contribution in [2.24, 2.45) is 0 Å². The van der Waals surface area contributed by atoms with Crippen LogP contribution in [0.4, 0.5) is 0 Å². The van der Waals surface area contributed by atoms with Gasteiger partial charge >= 0.3 is 0 Å². The molecule has 0 saturated heterocycles. The number of hydrogen-bond acceptors (Lipinski definition) is 4. The molecule has 0 unspecified atom stereocenters. The molecule has 0 heterocycles. The second kappa shape index (κ2) is 8.52. The van der Waals surface area contributed by atoms with Gasteiger partial charge in [-0.05, 0) is 31.0 Å². The Hall–Kier alpha value is -0.750. The van der Waals surface area contributed by atoms with Crippen molar-refractivity contribution in [2.75, 3.05) is 24.7 Å². The molecule has 6 heteroatoms. The van der Waals surface area contributed by atoms with E-state index in [0.29, 0.717) is 31.1 Å². The first-order valence-corrected chi connectivity index (χ1v) is 9.61. The van der Waals surface area contributed by atoms with Crippen molar-refractivity contribution in [3.63, 3.8) is 0 Å². The molecule has 1 rings (SSSR count). The SMILES string of the molecule is CCOc1cc(CBr)ccc1OCCCS(=O)(=O)CC. The van der Waals surface area contributed by atoms with Gasteiger partial charge in [0.15, 0.2) is 11.5 Å². The fourth-order valence-electron chi connectivity index (χ4n) is 1.63. The van der Waals surface area contributed by atoms with E-state index in [0.717, 1.165) is 10.9 Å². The minimum Gasteiger partial charge on any atom is -0.490 e. The maximum absolute atomic E-state index is 11.4. The number of alkyl halides is 1. The van der Waals surface area contributed by atoms with E-state index in [9.17, 15) is 8.42 Å². The standard InChI is InChI=1S/C14H21BrO4S/c1-3-18-14-10-12(11-15)6-7-13(14)19-8-5-9-20(16,17)4-2/h6-7,10H,3-5,8-9,11H2,1-2H3. The molecule has 0 aromatic heterocycles. The molecular weight excluding hydrogens is 344 g/mol. The van der Waals surface area contributed by atoms with E-state index < -0.39 is 9.84 Å². The first kappa shape index (κ1) is 17.3. The fourth-order valence-corrected chi connectivity index (χ4v) is 2.82. The van der Waals surface area contributed by atoms with Crippen LogP contribution in [0.5, 0.6) is 11.5 Å². The summed E-state index contributed by atoms with van der Waals surface area (Å²) in [7, 11) is -2.92. The number of ether oxygens (including phenoxy) is 2. The Labute approximate surface area is 129 Å². The van der Waals surface area contributed by atoms with Crippen LogP contribution >= 0.6 is 15.9 Å². The summed E-state index contributed by atoms with van der Waals surface area (Å²) in [5, 5.41) is 0.752. The van der Waals surface area contributed by atoms with E-state index in [1.54, 1.807) is 6.92 Å². The number of hydrogen-bond donors (Lipinski definition) is 0. The lowest BCUT2D eigenvalue weighted by Crippen LogP contribution is -2.12. The molecule has 0 aliphatic rings. The van der Waals surface area contributed by atoms with Crippen LogP contribution in [0, 0.1) is 0 Å². The van der Waals surface area contributed by atoms with Crippen LogP contribution in [0.2, 0.25) is 0 Å². The molecule has 0 saturated carbocycles. The predicted octanol–water partition coefficient (Wildman–Crippen LogP) is 3.18. The van der Waals surface area contributed by atoms with E-state index in [-0.39, 0.29) is 11.5 Å². The second-order valence-corrected chi connectivity index (χ2v) is 7.32. The van der Waals surface area contributed by atoms with Gasteiger partial charge in [0.25, 0.3) is 0 Å². The minimum absolute atomic E-state index is 0.160. The van der Waals surface area contributed by atoms with Gasteiger partial charge in [-0.1, -0.05) is 28.9 Å². The van der Waals surface area contributed by atoms with Crippen molar-refractivity contribution in [3.8, 4) is 11.5 Å². The Morgan fingerprint density at radius 2 is 1.90 bits per heavy atom. The zero-order valence-electron chi connectivity index (χ0n) is 11.9. The largest absolute Gasteiger partial charge is 0.490 e. The van der Waals surface area contributed by atoms with E-state index >= 15 is 0 Å². The van der Waals surface area contributed by atoms with Gasteiger partial charge in [0.1, 0.15) is 9.84 Å². The van der Waals surface area contributed by atoms with Crippen molar-refractivity contribution in [1.82, 2.24) is 0 Å². The average molecular weight is 365 g/mol. The maximum Gasteiger partial charge on any atom is 0.161 e. The van der Waals surface area contributed by atoms with Gasteiger partial charge in [-0.25, -0.2) is 8.42 Å². The van der Waals surface area contributed by atoms with E-state index in [1.165, 1.54) is 0 Å². The summed E-state index contributed by atoms with van der Waals surface area (Å²) < 4.78 is 33.9. The van der Waals surface area contributed by atoms with Crippen LogP contribution in [-0.4, -0.2) is 33.1 Å². The molecular formula is C14H21BrO4S. The quantitative estimate of drug-likeness (QED) is 0.498. The van der Waals surface area contributed by atoms with Crippen molar-refractivity contribution < 1.29 is 17.9 Å².